The van der Waals surface area contributed by atoms with Crippen LogP contribution in [0.3, 0.4) is 0 Å². The number of guanidine groups is 1. The van der Waals surface area contributed by atoms with Crippen LogP contribution in [-0.2, 0) is 17.8 Å². The molecule has 7 nitrogen and oxygen atoms in total. The molecule has 1 aromatic heterocycles. The van der Waals surface area contributed by atoms with E-state index in [4.69, 9.17) is 20.6 Å². The topological polar surface area (TPSA) is 107 Å². The van der Waals surface area contributed by atoms with Gasteiger partial charge in [-0.15, -0.1) is 0 Å². The number of rotatable bonds is 7. The summed E-state index contributed by atoms with van der Waals surface area (Å²) >= 11 is 0. The zero-order valence-electron chi connectivity index (χ0n) is 19.3. The van der Waals surface area contributed by atoms with E-state index in [-0.39, 0.29) is 23.6 Å². The van der Waals surface area contributed by atoms with Gasteiger partial charge in [-0.25, -0.2) is 4.99 Å². The van der Waals surface area contributed by atoms with E-state index in [0.717, 1.165) is 36.8 Å². The highest BCUT2D eigenvalue weighted by Gasteiger charge is 2.55. The Morgan fingerprint density at radius 2 is 1.79 bits per heavy atom. The molecular weight excluding hydrogens is 428 g/mol. The number of hydrogen-bond acceptors (Lipinski definition) is 4. The van der Waals surface area contributed by atoms with Gasteiger partial charge in [-0.05, 0) is 60.8 Å². The Morgan fingerprint density at radius 1 is 1.03 bits per heavy atom. The van der Waals surface area contributed by atoms with E-state index in [1.165, 1.54) is 0 Å². The molecule has 178 valence electrons. The number of allylic oxidation sites excluding steroid dienone is 2. The molecule has 3 aliphatic rings. The predicted molar refractivity (Wildman–Crippen MR) is 131 cm³/mol. The normalized spacial score (nSPS) is 27.1. The fourth-order valence-electron chi connectivity index (χ4n) is 5.71. The summed E-state index contributed by atoms with van der Waals surface area (Å²) in [6.45, 7) is 1.43. The molecule has 7 heteroatoms. The summed E-state index contributed by atoms with van der Waals surface area (Å²) in [5.74, 6) is 1.21. The number of furan rings is 1. The number of benzene rings is 1. The lowest BCUT2D eigenvalue weighted by Gasteiger charge is -2.40. The van der Waals surface area contributed by atoms with Gasteiger partial charge in [0, 0.05) is 6.54 Å². The van der Waals surface area contributed by atoms with Crippen molar-refractivity contribution < 1.29 is 13.9 Å². The van der Waals surface area contributed by atoms with Crippen LogP contribution in [0.4, 0.5) is 0 Å². The standard InChI is InChI=1S/C27H32N4O3/c28-26(29)30-16-19-10-12-20(13-11-19)17-31(25(32)24-9-5-15-33-24)18-27-14-4-3-7-22(27)21-6-1-2-8-23(21)34-27/h1-5,9-13,15,21-23H,6-8,14,16-18H2,(H4,28,29,30). The molecule has 1 amide bonds. The van der Waals surface area contributed by atoms with Crippen molar-refractivity contribution >= 4 is 11.9 Å². The quantitative estimate of drug-likeness (QED) is 0.372. The Balaban J connectivity index is 1.40. The maximum Gasteiger partial charge on any atom is 0.289 e. The van der Waals surface area contributed by atoms with E-state index in [0.29, 0.717) is 37.2 Å². The number of carbonyl (C=O) groups is 1. The molecule has 5 rings (SSSR count). The van der Waals surface area contributed by atoms with E-state index in [2.05, 4.69) is 29.3 Å². The average Bonchev–Trinajstić information content (AvgIpc) is 3.49. The molecule has 2 aliphatic carbocycles. The van der Waals surface area contributed by atoms with Crippen LogP contribution in [0.25, 0.3) is 0 Å². The van der Waals surface area contributed by atoms with Gasteiger partial charge in [-0.1, -0.05) is 48.6 Å². The highest BCUT2D eigenvalue weighted by molar-refractivity contribution is 5.91. The lowest BCUT2D eigenvalue weighted by atomic mass is 9.70. The maximum atomic E-state index is 13.5. The minimum absolute atomic E-state index is 0.0713. The Kier molecular flexibility index (Phi) is 6.28. The van der Waals surface area contributed by atoms with Crippen molar-refractivity contribution in [3.63, 3.8) is 0 Å². The summed E-state index contributed by atoms with van der Waals surface area (Å²) in [6, 6.07) is 11.5. The molecule has 0 saturated carbocycles. The second-order valence-electron chi connectivity index (χ2n) is 9.54. The summed E-state index contributed by atoms with van der Waals surface area (Å²) in [4.78, 5) is 19.5. The number of aliphatic imine (C=N–C) groups is 1. The van der Waals surface area contributed by atoms with Crippen molar-refractivity contribution in [3.05, 3.63) is 83.9 Å². The lowest BCUT2D eigenvalue weighted by molar-refractivity contribution is -0.0744. The van der Waals surface area contributed by atoms with Crippen LogP contribution in [0.1, 0.15) is 47.4 Å². The highest BCUT2D eigenvalue weighted by atomic mass is 16.5. The molecule has 0 bridgehead atoms. The van der Waals surface area contributed by atoms with Crippen LogP contribution >= 0.6 is 0 Å². The molecular formula is C27H32N4O3. The van der Waals surface area contributed by atoms with Crippen LogP contribution in [0.2, 0.25) is 0 Å². The molecule has 2 aromatic rings. The number of fused-ring (bicyclic) bond motifs is 3. The van der Waals surface area contributed by atoms with Crippen LogP contribution in [-0.4, -0.2) is 35.0 Å². The van der Waals surface area contributed by atoms with Gasteiger partial charge < -0.3 is 25.5 Å². The third kappa shape index (κ3) is 4.53. The Morgan fingerprint density at radius 3 is 2.56 bits per heavy atom. The summed E-state index contributed by atoms with van der Waals surface area (Å²) in [6.07, 6.45) is 14.6. The SMILES string of the molecule is NC(N)=NCc1ccc(CN(CC23CC=CCC2C2CC=CCC2O3)C(=O)c2ccco2)cc1. The molecule has 4 atom stereocenters. The van der Waals surface area contributed by atoms with Crippen molar-refractivity contribution in [2.45, 2.75) is 50.5 Å². The lowest BCUT2D eigenvalue weighted by Crippen LogP contribution is -2.50. The first-order valence-corrected chi connectivity index (χ1v) is 12.0. The van der Waals surface area contributed by atoms with E-state index in [1.54, 1.807) is 18.4 Å². The van der Waals surface area contributed by atoms with Crippen molar-refractivity contribution in [1.29, 1.82) is 0 Å². The molecule has 0 spiro atoms. The maximum absolute atomic E-state index is 13.5. The van der Waals surface area contributed by atoms with Crippen molar-refractivity contribution in [2.24, 2.45) is 28.3 Å². The predicted octanol–water partition coefficient (Wildman–Crippen LogP) is 3.77. The average molecular weight is 461 g/mol. The Hall–Kier alpha value is -3.32. The van der Waals surface area contributed by atoms with E-state index >= 15 is 0 Å². The molecule has 4 N–H and O–H groups in total. The van der Waals surface area contributed by atoms with Gasteiger partial charge in [-0.2, -0.15) is 0 Å². The Bertz CT molecular complexity index is 1090. The van der Waals surface area contributed by atoms with Crippen LogP contribution in [0.15, 0.2) is 76.4 Å². The molecule has 1 aliphatic heterocycles. The number of carbonyl (C=O) groups excluding carboxylic acids is 1. The van der Waals surface area contributed by atoms with Gasteiger partial charge in [0.05, 0.1) is 31.1 Å². The number of nitrogens with zero attached hydrogens (tertiary/aromatic N) is 2. The number of ether oxygens (including phenoxy) is 1. The highest BCUT2D eigenvalue weighted by Crippen LogP contribution is 2.51. The first-order chi connectivity index (χ1) is 16.5. The van der Waals surface area contributed by atoms with Crippen molar-refractivity contribution in [2.75, 3.05) is 6.54 Å². The first-order valence-electron chi connectivity index (χ1n) is 12.0. The molecule has 1 saturated heterocycles. The van der Waals surface area contributed by atoms with Crippen LogP contribution in [0, 0.1) is 11.8 Å². The number of nitrogens with two attached hydrogens (primary N) is 2. The molecule has 4 unspecified atom stereocenters. The van der Waals surface area contributed by atoms with Gasteiger partial charge in [-0.3, -0.25) is 4.79 Å². The van der Waals surface area contributed by atoms with Gasteiger partial charge >= 0.3 is 0 Å². The van der Waals surface area contributed by atoms with E-state index in [9.17, 15) is 4.79 Å². The summed E-state index contributed by atoms with van der Waals surface area (Å²) in [5, 5.41) is 0. The molecule has 34 heavy (non-hydrogen) atoms. The third-order valence-corrected chi connectivity index (χ3v) is 7.34. The number of amides is 1. The van der Waals surface area contributed by atoms with E-state index < -0.39 is 0 Å². The largest absolute Gasteiger partial charge is 0.459 e. The number of hydrogen-bond donors (Lipinski definition) is 2. The molecule has 2 heterocycles. The van der Waals surface area contributed by atoms with Crippen molar-refractivity contribution in [1.82, 2.24) is 4.90 Å². The van der Waals surface area contributed by atoms with Crippen LogP contribution < -0.4 is 11.5 Å². The zero-order valence-corrected chi connectivity index (χ0v) is 19.3. The first kappa shape index (κ1) is 22.5. The van der Waals surface area contributed by atoms with Crippen molar-refractivity contribution in [3.8, 4) is 0 Å². The third-order valence-electron chi connectivity index (χ3n) is 7.34. The molecule has 1 aromatic carbocycles. The zero-order chi connectivity index (χ0) is 23.5. The van der Waals surface area contributed by atoms with Gasteiger partial charge in [0.2, 0.25) is 0 Å². The van der Waals surface area contributed by atoms with Gasteiger partial charge in [0.25, 0.3) is 5.91 Å². The second-order valence-corrected chi connectivity index (χ2v) is 9.54. The summed E-state index contributed by atoms with van der Waals surface area (Å²) in [5.41, 5.74) is 12.6. The monoisotopic (exact) mass is 460 g/mol. The van der Waals surface area contributed by atoms with Gasteiger partial charge in [0.15, 0.2) is 11.7 Å². The summed E-state index contributed by atoms with van der Waals surface area (Å²) < 4.78 is 12.3. The van der Waals surface area contributed by atoms with Crippen LogP contribution in [0.5, 0.6) is 0 Å². The Labute approximate surface area is 200 Å². The van der Waals surface area contributed by atoms with E-state index in [1.807, 2.05) is 29.2 Å². The second kappa shape index (κ2) is 9.50. The minimum Gasteiger partial charge on any atom is -0.459 e. The summed E-state index contributed by atoms with van der Waals surface area (Å²) in [7, 11) is 0. The fourth-order valence-corrected chi connectivity index (χ4v) is 5.71. The van der Waals surface area contributed by atoms with Gasteiger partial charge in [0.1, 0.15) is 0 Å². The molecule has 1 fully saturated rings. The fraction of sp³-hybridized carbons (Fsp3) is 0.407. The molecule has 0 radical (unpaired) electrons. The smallest absolute Gasteiger partial charge is 0.289 e. The minimum atomic E-state index is -0.369.